The van der Waals surface area contributed by atoms with Crippen LogP contribution in [0, 0.1) is 17.8 Å². The highest BCUT2D eigenvalue weighted by Gasteiger charge is 2.34. The molecular weight excluding hydrogens is 258 g/mol. The first-order valence-corrected chi connectivity index (χ1v) is 7.11. The maximum atomic E-state index is 11.3. The molecule has 0 aromatic heterocycles. The van der Waals surface area contributed by atoms with Crippen molar-refractivity contribution < 1.29 is 4.79 Å². The van der Waals surface area contributed by atoms with Crippen LogP contribution in [-0.4, -0.2) is 18.0 Å². The van der Waals surface area contributed by atoms with Crippen LogP contribution in [-0.2, 0) is 4.79 Å². The van der Waals surface area contributed by atoms with Gasteiger partial charge >= 0.3 is 0 Å². The zero-order valence-electron chi connectivity index (χ0n) is 10.6. The Balaban J connectivity index is 1.94. The lowest BCUT2D eigenvalue weighted by atomic mass is 9.75. The Morgan fingerprint density at radius 3 is 2.79 bits per heavy atom. The summed E-state index contributed by atoms with van der Waals surface area (Å²) >= 11 is 6.14. The lowest BCUT2D eigenvalue weighted by molar-refractivity contribution is -0.113. The number of nitrogens with zero attached hydrogens (tertiary/aromatic N) is 1. The lowest BCUT2D eigenvalue weighted by Crippen LogP contribution is -2.37. The summed E-state index contributed by atoms with van der Waals surface area (Å²) in [7, 11) is 0. The molecule has 0 fully saturated rings. The molecule has 0 bridgehead atoms. The predicted octanol–water partition coefficient (Wildman–Crippen LogP) is 1.74. The fourth-order valence-corrected chi connectivity index (χ4v) is 3.40. The monoisotopic (exact) mass is 273 g/mol. The van der Waals surface area contributed by atoms with Crippen molar-refractivity contribution in [2.75, 3.05) is 0 Å². The number of rotatable bonds is 2. The summed E-state index contributed by atoms with van der Waals surface area (Å²) in [5.41, 5.74) is -0.401. The van der Waals surface area contributed by atoms with Crippen molar-refractivity contribution >= 4 is 36.3 Å². The van der Waals surface area contributed by atoms with Crippen molar-refractivity contribution in [2.24, 2.45) is 22.7 Å². The van der Waals surface area contributed by atoms with Gasteiger partial charge in [0, 0.05) is 6.21 Å². The Morgan fingerprint density at radius 1 is 1.21 bits per heavy atom. The van der Waals surface area contributed by atoms with Gasteiger partial charge in [0.1, 0.15) is 11.8 Å². The molecule has 1 heterocycles. The highest BCUT2D eigenvalue weighted by Crippen LogP contribution is 2.34. The second-order valence-electron chi connectivity index (χ2n) is 5.22. The van der Waals surface area contributed by atoms with Gasteiger partial charge < -0.3 is 4.79 Å². The molecule has 2 nitrogen and oxygen atoms in total. The van der Waals surface area contributed by atoms with E-state index in [4.69, 9.17) is 11.6 Å². The van der Waals surface area contributed by atoms with Gasteiger partial charge in [0.15, 0.2) is 0 Å². The highest BCUT2D eigenvalue weighted by molar-refractivity contribution is 6.22. The zero-order valence-corrected chi connectivity index (χ0v) is 11.3. The summed E-state index contributed by atoms with van der Waals surface area (Å²) in [4.78, 5) is 15.4. The third kappa shape index (κ3) is 2.37. The van der Waals surface area contributed by atoms with Crippen LogP contribution in [0.3, 0.4) is 0 Å². The van der Waals surface area contributed by atoms with Crippen LogP contribution >= 0.6 is 11.6 Å². The van der Waals surface area contributed by atoms with E-state index in [0.29, 0.717) is 5.92 Å². The molecule has 0 saturated heterocycles. The van der Waals surface area contributed by atoms with Crippen molar-refractivity contribution in [2.45, 2.75) is 18.3 Å². The summed E-state index contributed by atoms with van der Waals surface area (Å²) in [5.74, 6) is 0.465. The quantitative estimate of drug-likeness (QED) is 0.458. The van der Waals surface area contributed by atoms with E-state index in [1.165, 1.54) is 10.4 Å². The van der Waals surface area contributed by atoms with Gasteiger partial charge in [0.2, 0.25) is 0 Å². The maximum absolute atomic E-state index is 11.3. The minimum atomic E-state index is -0.401. The second kappa shape index (κ2) is 5.30. The van der Waals surface area contributed by atoms with E-state index in [1.54, 1.807) is 0 Å². The molecule has 0 saturated carbocycles. The lowest BCUT2D eigenvalue weighted by Gasteiger charge is -2.32. The van der Waals surface area contributed by atoms with Crippen molar-refractivity contribution in [3.8, 4) is 0 Å². The van der Waals surface area contributed by atoms with Crippen molar-refractivity contribution in [1.29, 1.82) is 0 Å². The van der Waals surface area contributed by atoms with Gasteiger partial charge in [-0.2, -0.15) is 0 Å². The number of aliphatic imine (C=N–C) groups is 1. The van der Waals surface area contributed by atoms with E-state index in [1.807, 2.05) is 6.21 Å². The van der Waals surface area contributed by atoms with Crippen molar-refractivity contribution in [3.63, 3.8) is 0 Å². The van der Waals surface area contributed by atoms with Gasteiger partial charge in [0.25, 0.3) is 0 Å². The Bertz CT molecular complexity index is 622. The number of alkyl halides is 1. The predicted molar refractivity (Wildman–Crippen MR) is 78.5 cm³/mol. The van der Waals surface area contributed by atoms with Gasteiger partial charge in [-0.15, -0.1) is 0 Å². The van der Waals surface area contributed by atoms with Crippen LogP contribution in [0.25, 0.3) is 12.2 Å². The van der Waals surface area contributed by atoms with Gasteiger partial charge in [-0.1, -0.05) is 48.0 Å². The molecule has 3 rings (SSSR count). The minimum Gasteiger partial charge on any atom is -0.303 e. The van der Waals surface area contributed by atoms with E-state index in [0.717, 1.165) is 19.1 Å². The number of carbonyl (C=O) groups excluding carboxylic acids is 1. The van der Waals surface area contributed by atoms with Gasteiger partial charge in [-0.05, 0) is 35.1 Å². The third-order valence-corrected chi connectivity index (χ3v) is 4.55. The van der Waals surface area contributed by atoms with Crippen LogP contribution < -0.4 is 10.4 Å². The molecule has 4 atom stereocenters. The minimum absolute atomic E-state index is 0.174. The molecule has 3 heteroatoms. The van der Waals surface area contributed by atoms with Crippen LogP contribution in [0.5, 0.6) is 0 Å². The first-order valence-electron chi connectivity index (χ1n) is 6.67. The molecule has 2 aliphatic rings. The van der Waals surface area contributed by atoms with Crippen molar-refractivity contribution in [3.05, 3.63) is 34.7 Å². The smallest absolute Gasteiger partial charge is 0.133 e. The molecule has 1 aromatic carbocycles. The summed E-state index contributed by atoms with van der Waals surface area (Å²) in [6.45, 7) is 0. The molecule has 19 heavy (non-hydrogen) atoms. The Morgan fingerprint density at radius 2 is 2.00 bits per heavy atom. The molecule has 98 valence electrons. The molecule has 1 aromatic rings. The number of hydrogen-bond acceptors (Lipinski definition) is 2. The average molecular weight is 274 g/mol. The molecular formula is C16H16ClNO. The van der Waals surface area contributed by atoms with E-state index >= 15 is 0 Å². The fourth-order valence-electron chi connectivity index (χ4n) is 3.08. The average Bonchev–Trinajstić information content (AvgIpc) is 2.46. The second-order valence-corrected chi connectivity index (χ2v) is 5.66. The number of carbonyl (C=O) groups is 1. The zero-order chi connectivity index (χ0) is 13.2. The molecule has 4 unspecified atom stereocenters. The van der Waals surface area contributed by atoms with Gasteiger partial charge in [-0.3, -0.25) is 4.99 Å². The highest BCUT2D eigenvalue weighted by atomic mass is 35.5. The van der Waals surface area contributed by atoms with E-state index in [2.05, 4.69) is 41.4 Å². The van der Waals surface area contributed by atoms with E-state index in [9.17, 15) is 4.79 Å². The third-order valence-electron chi connectivity index (χ3n) is 4.14. The molecule has 0 radical (unpaired) electrons. The van der Waals surface area contributed by atoms with Crippen LogP contribution in [0.2, 0.25) is 0 Å². The first kappa shape index (κ1) is 12.6. The number of hydrogen-bond donors (Lipinski definition) is 0. The largest absolute Gasteiger partial charge is 0.303 e. The van der Waals surface area contributed by atoms with Crippen LogP contribution in [0.15, 0.2) is 29.3 Å². The summed E-state index contributed by atoms with van der Waals surface area (Å²) in [5, 5.41) is 2.55. The Hall–Kier alpha value is -1.41. The van der Waals surface area contributed by atoms with Crippen molar-refractivity contribution in [1.82, 2.24) is 0 Å². The SMILES string of the molecule is O=CC1C(Cl)N=CCC1C1C=c2ccccc2=CC1. The van der Waals surface area contributed by atoms with Crippen LogP contribution in [0.1, 0.15) is 12.8 Å². The molecule has 1 aliphatic carbocycles. The number of halogens is 1. The molecule has 0 spiro atoms. The Labute approximate surface area is 117 Å². The first-order chi connectivity index (χ1) is 9.29. The molecule has 1 aliphatic heterocycles. The number of benzene rings is 1. The maximum Gasteiger partial charge on any atom is 0.133 e. The number of fused-ring (bicyclic) bond motifs is 1. The number of aldehydes is 1. The van der Waals surface area contributed by atoms with Gasteiger partial charge in [0.05, 0.1) is 5.92 Å². The molecule has 0 amide bonds. The summed E-state index contributed by atoms with van der Waals surface area (Å²) in [6.07, 6.45) is 9.22. The summed E-state index contributed by atoms with van der Waals surface area (Å²) < 4.78 is 0. The summed E-state index contributed by atoms with van der Waals surface area (Å²) in [6, 6.07) is 8.37. The Kier molecular flexibility index (Phi) is 3.52. The van der Waals surface area contributed by atoms with E-state index in [-0.39, 0.29) is 11.8 Å². The fraction of sp³-hybridized carbons (Fsp3) is 0.375. The topological polar surface area (TPSA) is 29.4 Å². The normalized spacial score (nSPS) is 32.9. The standard InChI is InChI=1S/C16H16ClNO/c17-16-15(10-19)14(7-8-18-16)13-6-5-11-3-1-2-4-12(11)9-13/h1-5,8-10,13-16H,6-7H2. The van der Waals surface area contributed by atoms with E-state index < -0.39 is 5.50 Å². The van der Waals surface area contributed by atoms with Crippen LogP contribution in [0.4, 0.5) is 0 Å². The molecule has 0 N–H and O–H groups in total. The van der Waals surface area contributed by atoms with Gasteiger partial charge in [-0.25, -0.2) is 0 Å².